The van der Waals surface area contributed by atoms with Gasteiger partial charge in [0.15, 0.2) is 0 Å². The van der Waals surface area contributed by atoms with E-state index in [2.05, 4.69) is 26.1 Å². The highest BCUT2D eigenvalue weighted by atomic mass is 32.1. The van der Waals surface area contributed by atoms with Gasteiger partial charge < -0.3 is 15.4 Å². The van der Waals surface area contributed by atoms with Gasteiger partial charge in [-0.25, -0.2) is 4.79 Å². The van der Waals surface area contributed by atoms with E-state index < -0.39 is 6.04 Å². The molecule has 1 aliphatic carbocycles. The van der Waals surface area contributed by atoms with Crippen LogP contribution in [0.2, 0.25) is 0 Å². The number of nitrogens with zero attached hydrogens (tertiary/aromatic N) is 2. The predicted molar refractivity (Wildman–Crippen MR) is 122 cm³/mol. The molecule has 9 heteroatoms. The summed E-state index contributed by atoms with van der Waals surface area (Å²) < 4.78 is 5.17. The summed E-state index contributed by atoms with van der Waals surface area (Å²) >= 11 is 1.29. The molecular weight excluding hydrogens is 414 g/mol. The number of hydrogen-bond acceptors (Lipinski definition) is 6. The average Bonchev–Trinajstić information content (AvgIpc) is 3.26. The van der Waals surface area contributed by atoms with Crippen molar-refractivity contribution in [3.05, 3.63) is 24.3 Å². The van der Waals surface area contributed by atoms with Crippen LogP contribution in [0.15, 0.2) is 24.3 Å². The first kappa shape index (κ1) is 23.0. The molecule has 2 aromatic rings. The highest BCUT2D eigenvalue weighted by Gasteiger charge is 2.28. The summed E-state index contributed by atoms with van der Waals surface area (Å²) in [6, 6.07) is 6.73. The van der Waals surface area contributed by atoms with E-state index in [0.29, 0.717) is 10.1 Å². The molecular formula is C22H31N5O3S. The van der Waals surface area contributed by atoms with Gasteiger partial charge in [0.05, 0.1) is 7.11 Å². The molecule has 1 fully saturated rings. The number of amides is 3. The molecule has 1 heterocycles. The summed E-state index contributed by atoms with van der Waals surface area (Å²) in [6.45, 7) is 3.95. The molecule has 1 saturated carbocycles. The van der Waals surface area contributed by atoms with Gasteiger partial charge in [-0.2, -0.15) is 0 Å². The normalized spacial score (nSPS) is 16.2. The fraction of sp³-hybridized carbons (Fsp3) is 0.545. The van der Waals surface area contributed by atoms with Crippen LogP contribution < -0.4 is 20.7 Å². The number of rotatable bonds is 8. The van der Waals surface area contributed by atoms with E-state index in [1.807, 2.05) is 38.1 Å². The number of methoxy groups -OCH3 is 1. The van der Waals surface area contributed by atoms with Gasteiger partial charge in [0.1, 0.15) is 16.8 Å². The van der Waals surface area contributed by atoms with Crippen LogP contribution in [0, 0.1) is 5.92 Å². The van der Waals surface area contributed by atoms with E-state index in [-0.39, 0.29) is 23.9 Å². The van der Waals surface area contributed by atoms with E-state index in [1.54, 1.807) is 7.11 Å². The number of carbonyl (C=O) groups excluding carboxylic acids is 2. The Morgan fingerprint density at radius 2 is 1.87 bits per heavy atom. The van der Waals surface area contributed by atoms with Crippen molar-refractivity contribution in [3.63, 3.8) is 0 Å². The zero-order chi connectivity index (χ0) is 22.2. The number of carbonyl (C=O) groups is 2. The zero-order valence-electron chi connectivity index (χ0n) is 18.3. The third-order valence-electron chi connectivity index (χ3n) is 5.71. The number of nitrogens with one attached hydrogen (secondary N) is 3. The SMILES string of the molecule is CCC(C)C(NC(=O)NC1CCCCC1)C(=O)Nc1nnc(-c2ccc(OC)cc2)s1. The minimum Gasteiger partial charge on any atom is -0.497 e. The Balaban J connectivity index is 1.62. The maximum Gasteiger partial charge on any atom is 0.315 e. The van der Waals surface area contributed by atoms with Crippen LogP contribution in [0.5, 0.6) is 5.75 Å². The average molecular weight is 446 g/mol. The van der Waals surface area contributed by atoms with Gasteiger partial charge in [-0.05, 0) is 43.0 Å². The third kappa shape index (κ3) is 6.40. The topological polar surface area (TPSA) is 105 Å². The quantitative estimate of drug-likeness (QED) is 0.565. The molecule has 0 spiro atoms. The highest BCUT2D eigenvalue weighted by molar-refractivity contribution is 7.18. The molecule has 3 amide bonds. The summed E-state index contributed by atoms with van der Waals surface area (Å²) in [5.74, 6) is 0.451. The van der Waals surface area contributed by atoms with Crippen molar-refractivity contribution in [2.24, 2.45) is 5.92 Å². The van der Waals surface area contributed by atoms with Crippen LogP contribution in [0.25, 0.3) is 10.6 Å². The number of urea groups is 1. The minimum atomic E-state index is -0.651. The summed E-state index contributed by atoms with van der Waals surface area (Å²) in [5, 5.41) is 18.1. The van der Waals surface area contributed by atoms with Crippen LogP contribution in [0.3, 0.4) is 0 Å². The van der Waals surface area contributed by atoms with Gasteiger partial charge in [-0.3, -0.25) is 10.1 Å². The second-order valence-corrected chi connectivity index (χ2v) is 8.92. The Morgan fingerprint density at radius 1 is 1.16 bits per heavy atom. The first-order chi connectivity index (χ1) is 15.0. The Hall–Kier alpha value is -2.68. The van der Waals surface area contributed by atoms with Crippen LogP contribution >= 0.6 is 11.3 Å². The molecule has 0 saturated heterocycles. The summed E-state index contributed by atoms with van der Waals surface area (Å²) in [7, 11) is 1.62. The molecule has 168 valence electrons. The molecule has 0 bridgehead atoms. The second kappa shape index (κ2) is 11.1. The number of hydrogen-bond donors (Lipinski definition) is 3. The maximum absolute atomic E-state index is 12.9. The van der Waals surface area contributed by atoms with Crippen molar-refractivity contribution in [2.75, 3.05) is 12.4 Å². The Kier molecular flexibility index (Phi) is 8.22. The molecule has 8 nitrogen and oxygen atoms in total. The molecule has 1 aromatic carbocycles. The first-order valence-electron chi connectivity index (χ1n) is 10.9. The molecule has 3 rings (SSSR count). The van der Waals surface area contributed by atoms with Crippen molar-refractivity contribution in [2.45, 2.75) is 64.5 Å². The predicted octanol–water partition coefficient (Wildman–Crippen LogP) is 4.20. The molecule has 1 aromatic heterocycles. The van der Waals surface area contributed by atoms with Gasteiger partial charge in [0, 0.05) is 11.6 Å². The van der Waals surface area contributed by atoms with Crippen molar-refractivity contribution < 1.29 is 14.3 Å². The van der Waals surface area contributed by atoms with Crippen molar-refractivity contribution >= 4 is 28.4 Å². The van der Waals surface area contributed by atoms with E-state index in [9.17, 15) is 9.59 Å². The van der Waals surface area contributed by atoms with Crippen LogP contribution in [-0.4, -0.2) is 41.3 Å². The minimum absolute atomic E-state index is 0.0221. The lowest BCUT2D eigenvalue weighted by Gasteiger charge is -2.26. The second-order valence-electron chi connectivity index (χ2n) is 7.95. The van der Waals surface area contributed by atoms with Crippen molar-refractivity contribution in [1.82, 2.24) is 20.8 Å². The van der Waals surface area contributed by atoms with Gasteiger partial charge in [-0.1, -0.05) is 50.9 Å². The summed E-state index contributed by atoms with van der Waals surface area (Å²) in [6.07, 6.45) is 6.23. The molecule has 1 aliphatic rings. The monoisotopic (exact) mass is 445 g/mol. The molecule has 0 radical (unpaired) electrons. The van der Waals surface area contributed by atoms with Gasteiger partial charge in [-0.15, -0.1) is 10.2 Å². The maximum atomic E-state index is 12.9. The largest absolute Gasteiger partial charge is 0.497 e. The fourth-order valence-corrected chi connectivity index (χ4v) is 4.38. The third-order valence-corrected chi connectivity index (χ3v) is 6.60. The molecule has 2 unspecified atom stereocenters. The Morgan fingerprint density at radius 3 is 2.52 bits per heavy atom. The van der Waals surface area contributed by atoms with Crippen LogP contribution in [-0.2, 0) is 4.79 Å². The molecule has 0 aliphatic heterocycles. The lowest BCUT2D eigenvalue weighted by atomic mass is 9.95. The number of benzene rings is 1. The summed E-state index contributed by atoms with van der Waals surface area (Å²) in [5.41, 5.74) is 0.891. The summed E-state index contributed by atoms with van der Waals surface area (Å²) in [4.78, 5) is 25.4. The van der Waals surface area contributed by atoms with Crippen molar-refractivity contribution in [1.29, 1.82) is 0 Å². The lowest BCUT2D eigenvalue weighted by molar-refractivity contribution is -0.119. The van der Waals surface area contributed by atoms with Gasteiger partial charge in [0.2, 0.25) is 11.0 Å². The number of ether oxygens (including phenoxy) is 1. The van der Waals surface area contributed by atoms with E-state index >= 15 is 0 Å². The van der Waals surface area contributed by atoms with E-state index in [4.69, 9.17) is 4.74 Å². The molecule has 2 atom stereocenters. The van der Waals surface area contributed by atoms with Gasteiger partial charge in [0.25, 0.3) is 0 Å². The smallest absolute Gasteiger partial charge is 0.315 e. The molecule has 3 N–H and O–H groups in total. The zero-order valence-corrected chi connectivity index (χ0v) is 19.1. The van der Waals surface area contributed by atoms with Crippen LogP contribution in [0.4, 0.5) is 9.93 Å². The fourth-order valence-electron chi connectivity index (χ4n) is 3.62. The van der Waals surface area contributed by atoms with E-state index in [1.165, 1.54) is 17.8 Å². The van der Waals surface area contributed by atoms with Gasteiger partial charge >= 0.3 is 6.03 Å². The standard InChI is InChI=1S/C22H31N5O3S/c1-4-14(2)18(24-21(29)23-16-8-6-5-7-9-16)19(28)25-22-27-26-20(31-22)15-10-12-17(30-3)13-11-15/h10-14,16,18H,4-9H2,1-3H3,(H2,23,24,29)(H,25,27,28). The first-order valence-corrected chi connectivity index (χ1v) is 11.7. The van der Waals surface area contributed by atoms with Crippen LogP contribution in [0.1, 0.15) is 52.4 Å². The molecule has 31 heavy (non-hydrogen) atoms. The van der Waals surface area contributed by atoms with E-state index in [0.717, 1.165) is 43.4 Å². The Bertz CT molecular complexity index is 864. The number of aromatic nitrogens is 2. The Labute approximate surface area is 187 Å². The lowest BCUT2D eigenvalue weighted by Crippen LogP contribution is -2.53. The highest BCUT2D eigenvalue weighted by Crippen LogP contribution is 2.28. The van der Waals surface area contributed by atoms with Crippen molar-refractivity contribution in [3.8, 4) is 16.3 Å². The number of anilines is 1.